The molecule has 0 aromatic carbocycles. The summed E-state index contributed by atoms with van der Waals surface area (Å²) in [5, 5.41) is 28.9. The van der Waals surface area contributed by atoms with E-state index in [-0.39, 0.29) is 12.2 Å². The molecule has 0 spiro atoms. The Labute approximate surface area is 156 Å². The summed E-state index contributed by atoms with van der Waals surface area (Å²) in [5.74, 6) is -4.91. The fraction of sp³-hybridized carbons (Fsp3) is 0.526. The van der Waals surface area contributed by atoms with E-state index in [2.05, 4.69) is 4.74 Å². The maximum absolute atomic E-state index is 12.6. The third-order valence-corrected chi connectivity index (χ3v) is 4.65. The number of allylic oxidation sites excluding steroid dienone is 3. The van der Waals surface area contributed by atoms with E-state index in [1.54, 1.807) is 6.92 Å². The summed E-state index contributed by atoms with van der Waals surface area (Å²) in [6.07, 6.45) is -2.83. The molecule has 1 aliphatic heterocycles. The molecular weight excluding hydrogens is 356 g/mol. The third-order valence-electron chi connectivity index (χ3n) is 4.65. The highest BCUT2D eigenvalue weighted by molar-refractivity contribution is 6.02. The molecule has 0 aromatic rings. The van der Waals surface area contributed by atoms with E-state index in [1.807, 2.05) is 33.8 Å². The van der Waals surface area contributed by atoms with Gasteiger partial charge in [-0.2, -0.15) is 0 Å². The van der Waals surface area contributed by atoms with E-state index >= 15 is 0 Å². The zero-order chi connectivity index (χ0) is 20.7. The highest BCUT2D eigenvalue weighted by atomic mass is 16.6. The first-order valence-electron chi connectivity index (χ1n) is 8.49. The van der Waals surface area contributed by atoms with Gasteiger partial charge in [0.25, 0.3) is 0 Å². The largest absolute Gasteiger partial charge is 0.505 e. The molecule has 1 aliphatic carbocycles. The van der Waals surface area contributed by atoms with Gasteiger partial charge >= 0.3 is 11.9 Å². The summed E-state index contributed by atoms with van der Waals surface area (Å²) in [5.41, 5.74) is 1.90. The van der Waals surface area contributed by atoms with Crippen molar-refractivity contribution >= 4 is 17.7 Å². The lowest BCUT2D eigenvalue weighted by Gasteiger charge is -2.36. The SMILES string of the molecule is CC(C)=CC1=C(C)C(=O)C(OC(=O)[C@H](O)[C@H]2OC(=O)C(O)=C2O)CC1(C)C. The summed E-state index contributed by atoms with van der Waals surface area (Å²) in [7, 11) is 0. The highest BCUT2D eigenvalue weighted by Crippen LogP contribution is 2.41. The van der Waals surface area contributed by atoms with Crippen molar-refractivity contribution in [2.45, 2.75) is 59.4 Å². The fourth-order valence-corrected chi connectivity index (χ4v) is 3.25. The molecule has 0 bridgehead atoms. The topological polar surface area (TPSA) is 130 Å². The fourth-order valence-electron chi connectivity index (χ4n) is 3.25. The summed E-state index contributed by atoms with van der Waals surface area (Å²) in [4.78, 5) is 36.0. The lowest BCUT2D eigenvalue weighted by Crippen LogP contribution is -2.44. The molecule has 0 radical (unpaired) electrons. The normalized spacial score (nSPS) is 26.0. The predicted octanol–water partition coefficient (Wildman–Crippen LogP) is 1.79. The maximum Gasteiger partial charge on any atom is 0.378 e. The Morgan fingerprint density at radius 1 is 1.30 bits per heavy atom. The van der Waals surface area contributed by atoms with E-state index < -0.39 is 47.2 Å². The van der Waals surface area contributed by atoms with Gasteiger partial charge in [0, 0.05) is 6.42 Å². The van der Waals surface area contributed by atoms with Crippen LogP contribution in [0.3, 0.4) is 0 Å². The van der Waals surface area contributed by atoms with E-state index in [4.69, 9.17) is 4.74 Å². The molecule has 1 unspecified atom stereocenters. The Kier molecular flexibility index (Phi) is 5.51. The first-order valence-corrected chi connectivity index (χ1v) is 8.49. The quantitative estimate of drug-likeness (QED) is 0.629. The van der Waals surface area contributed by atoms with Crippen LogP contribution < -0.4 is 0 Å². The van der Waals surface area contributed by atoms with Gasteiger partial charge in [0.05, 0.1) is 0 Å². The number of esters is 2. The number of ether oxygens (including phenoxy) is 2. The second-order valence-electron chi connectivity index (χ2n) is 7.64. The van der Waals surface area contributed by atoms with Gasteiger partial charge in [-0.15, -0.1) is 0 Å². The van der Waals surface area contributed by atoms with Crippen LogP contribution in [0.4, 0.5) is 0 Å². The van der Waals surface area contributed by atoms with Crippen LogP contribution in [-0.4, -0.2) is 51.4 Å². The second-order valence-corrected chi connectivity index (χ2v) is 7.64. The molecule has 0 saturated carbocycles. The van der Waals surface area contributed by atoms with Crippen molar-refractivity contribution in [3.8, 4) is 0 Å². The molecule has 0 fully saturated rings. The predicted molar refractivity (Wildman–Crippen MR) is 93.6 cm³/mol. The van der Waals surface area contributed by atoms with E-state index in [0.29, 0.717) is 5.57 Å². The van der Waals surface area contributed by atoms with Crippen LogP contribution in [0.25, 0.3) is 0 Å². The Balaban J connectivity index is 2.20. The molecule has 0 saturated heterocycles. The minimum atomic E-state index is -2.07. The number of aliphatic hydroxyl groups is 3. The average molecular weight is 380 g/mol. The number of cyclic esters (lactones) is 1. The summed E-state index contributed by atoms with van der Waals surface area (Å²) in [6.45, 7) is 9.32. The molecule has 0 amide bonds. The van der Waals surface area contributed by atoms with E-state index in [0.717, 1.165) is 11.1 Å². The van der Waals surface area contributed by atoms with Crippen LogP contribution in [0.15, 0.2) is 34.3 Å². The minimum absolute atomic E-state index is 0.207. The molecule has 2 rings (SSSR count). The molecule has 3 N–H and O–H groups in total. The van der Waals surface area contributed by atoms with Gasteiger partial charge in [0.15, 0.2) is 29.9 Å². The zero-order valence-electron chi connectivity index (χ0n) is 15.9. The van der Waals surface area contributed by atoms with Crippen molar-refractivity contribution < 1.29 is 39.2 Å². The maximum atomic E-state index is 12.6. The van der Waals surface area contributed by atoms with Crippen molar-refractivity contribution in [2.24, 2.45) is 5.41 Å². The Bertz CT molecular complexity index is 780. The molecule has 3 atom stereocenters. The zero-order valence-corrected chi connectivity index (χ0v) is 15.9. The number of hydrogen-bond acceptors (Lipinski definition) is 8. The summed E-state index contributed by atoms with van der Waals surface area (Å²) >= 11 is 0. The van der Waals surface area contributed by atoms with Gasteiger partial charge < -0.3 is 24.8 Å². The number of Topliss-reactive ketones (excluding diaryl/α,β-unsaturated/α-hetero) is 1. The van der Waals surface area contributed by atoms with Crippen LogP contribution in [0, 0.1) is 5.41 Å². The Hall–Kier alpha value is -2.61. The van der Waals surface area contributed by atoms with Crippen LogP contribution in [-0.2, 0) is 23.9 Å². The van der Waals surface area contributed by atoms with E-state index in [1.165, 1.54) is 0 Å². The lowest BCUT2D eigenvalue weighted by atomic mass is 9.70. The number of carbonyl (C=O) groups excluding carboxylic acids is 3. The number of aliphatic hydroxyl groups excluding tert-OH is 3. The standard InChI is InChI=1S/C19H24O8/c1-8(2)6-10-9(3)12(20)11(7-19(10,4)5)26-18(25)15(23)16-13(21)14(22)17(24)27-16/h6,11,15-16,21-23H,7H2,1-5H3/t11?,15-,16+/m1/s1. The van der Waals surface area contributed by atoms with Crippen molar-refractivity contribution in [1.29, 1.82) is 0 Å². The molecule has 148 valence electrons. The van der Waals surface area contributed by atoms with Gasteiger partial charge in [0.2, 0.25) is 5.76 Å². The van der Waals surface area contributed by atoms with E-state index in [9.17, 15) is 29.7 Å². The second kappa shape index (κ2) is 7.19. The number of rotatable bonds is 4. The lowest BCUT2D eigenvalue weighted by molar-refractivity contribution is -0.172. The molecular formula is C19H24O8. The van der Waals surface area contributed by atoms with Gasteiger partial charge in [0.1, 0.15) is 0 Å². The van der Waals surface area contributed by atoms with Crippen molar-refractivity contribution in [1.82, 2.24) is 0 Å². The van der Waals surface area contributed by atoms with Crippen LogP contribution in [0.2, 0.25) is 0 Å². The van der Waals surface area contributed by atoms with Crippen molar-refractivity contribution in [2.75, 3.05) is 0 Å². The molecule has 1 heterocycles. The summed E-state index contributed by atoms with van der Waals surface area (Å²) < 4.78 is 9.70. The highest BCUT2D eigenvalue weighted by Gasteiger charge is 2.45. The number of carbonyl (C=O) groups is 3. The molecule has 2 aliphatic rings. The minimum Gasteiger partial charge on any atom is -0.505 e. The smallest absolute Gasteiger partial charge is 0.378 e. The average Bonchev–Trinajstić information content (AvgIpc) is 2.82. The summed E-state index contributed by atoms with van der Waals surface area (Å²) in [6, 6.07) is 0. The Morgan fingerprint density at radius 3 is 2.37 bits per heavy atom. The van der Waals surface area contributed by atoms with Gasteiger partial charge in [-0.25, -0.2) is 9.59 Å². The Morgan fingerprint density at radius 2 is 1.89 bits per heavy atom. The van der Waals surface area contributed by atoms with Gasteiger partial charge in [-0.1, -0.05) is 25.5 Å². The first-order chi connectivity index (χ1) is 12.4. The van der Waals surface area contributed by atoms with Crippen LogP contribution in [0.5, 0.6) is 0 Å². The van der Waals surface area contributed by atoms with Crippen LogP contribution in [0.1, 0.15) is 41.0 Å². The van der Waals surface area contributed by atoms with Crippen LogP contribution >= 0.6 is 0 Å². The molecule has 0 aromatic heterocycles. The molecule has 27 heavy (non-hydrogen) atoms. The molecule has 8 heteroatoms. The van der Waals surface area contributed by atoms with Crippen molar-refractivity contribution in [3.63, 3.8) is 0 Å². The van der Waals surface area contributed by atoms with Gasteiger partial charge in [-0.3, -0.25) is 4.79 Å². The number of hydrogen-bond donors (Lipinski definition) is 3. The van der Waals surface area contributed by atoms with Gasteiger partial charge in [-0.05, 0) is 37.3 Å². The first kappa shape index (κ1) is 20.7. The third kappa shape index (κ3) is 3.90. The number of ketones is 1. The molecule has 8 nitrogen and oxygen atoms in total. The van der Waals surface area contributed by atoms with Crippen molar-refractivity contribution in [3.05, 3.63) is 34.3 Å². The monoisotopic (exact) mass is 380 g/mol.